The van der Waals surface area contributed by atoms with E-state index in [1.807, 2.05) is 7.05 Å². The van der Waals surface area contributed by atoms with Crippen molar-refractivity contribution in [2.45, 2.75) is 18.6 Å². The summed E-state index contributed by atoms with van der Waals surface area (Å²) >= 11 is 0. The average molecular weight is 250 g/mol. The molecule has 0 saturated carbocycles. The highest BCUT2D eigenvalue weighted by atomic mass is 32.2. The zero-order chi connectivity index (χ0) is 12.2. The molecule has 0 spiro atoms. The van der Waals surface area contributed by atoms with Crippen molar-refractivity contribution in [2.24, 2.45) is 0 Å². The van der Waals surface area contributed by atoms with Gasteiger partial charge < -0.3 is 15.0 Å². The maximum Gasteiger partial charge on any atom is 0.147 e. The Hall–Kier alpha value is -0.170. The first-order valence-electron chi connectivity index (χ1n) is 5.57. The number of hydrogen-bond donors (Lipinski definition) is 1. The molecule has 1 aliphatic rings. The van der Waals surface area contributed by atoms with Gasteiger partial charge in [0.25, 0.3) is 0 Å². The molecule has 2 atom stereocenters. The van der Waals surface area contributed by atoms with Crippen molar-refractivity contribution in [1.82, 2.24) is 10.2 Å². The normalized spacial score (nSPS) is 25.6. The van der Waals surface area contributed by atoms with E-state index in [-0.39, 0.29) is 17.9 Å². The number of hydrogen-bond acceptors (Lipinski definition) is 5. The van der Waals surface area contributed by atoms with Gasteiger partial charge in [0, 0.05) is 25.4 Å². The number of sulfone groups is 1. The van der Waals surface area contributed by atoms with Crippen LogP contribution in [0.4, 0.5) is 0 Å². The van der Waals surface area contributed by atoms with Gasteiger partial charge >= 0.3 is 0 Å². The standard InChI is InChI=1S/C10H22N2O3S/c1-11-9(4-7-16(3,13)14)10-8-12(2)5-6-15-10/h9-11H,4-8H2,1-3H3. The van der Waals surface area contributed by atoms with Gasteiger partial charge in [-0.2, -0.15) is 0 Å². The number of nitrogens with zero attached hydrogens (tertiary/aromatic N) is 1. The van der Waals surface area contributed by atoms with E-state index in [9.17, 15) is 8.42 Å². The smallest absolute Gasteiger partial charge is 0.147 e. The van der Waals surface area contributed by atoms with Gasteiger partial charge in [-0.05, 0) is 20.5 Å². The largest absolute Gasteiger partial charge is 0.374 e. The zero-order valence-electron chi connectivity index (χ0n) is 10.3. The van der Waals surface area contributed by atoms with Crippen LogP contribution in [-0.4, -0.2) is 71.3 Å². The summed E-state index contributed by atoms with van der Waals surface area (Å²) in [5, 5.41) is 3.15. The molecule has 1 aliphatic heterocycles. The highest BCUT2D eigenvalue weighted by Crippen LogP contribution is 2.10. The molecule has 1 heterocycles. The second-order valence-corrected chi connectivity index (χ2v) is 6.74. The topological polar surface area (TPSA) is 58.6 Å². The molecule has 0 aromatic carbocycles. The van der Waals surface area contributed by atoms with Gasteiger partial charge in [0.2, 0.25) is 0 Å². The molecule has 0 amide bonds. The van der Waals surface area contributed by atoms with Gasteiger partial charge in [0.05, 0.1) is 18.5 Å². The fraction of sp³-hybridized carbons (Fsp3) is 1.00. The first kappa shape index (κ1) is 13.9. The summed E-state index contributed by atoms with van der Waals surface area (Å²) in [6.07, 6.45) is 1.96. The lowest BCUT2D eigenvalue weighted by atomic mass is 10.1. The second kappa shape index (κ2) is 5.95. The lowest BCUT2D eigenvalue weighted by Gasteiger charge is -2.35. The molecular formula is C10H22N2O3S. The molecule has 5 nitrogen and oxygen atoms in total. The zero-order valence-corrected chi connectivity index (χ0v) is 11.1. The van der Waals surface area contributed by atoms with Crippen molar-refractivity contribution in [3.8, 4) is 0 Å². The number of morpholine rings is 1. The minimum atomic E-state index is -2.89. The maximum atomic E-state index is 11.1. The van der Waals surface area contributed by atoms with Crippen LogP contribution < -0.4 is 5.32 Å². The first-order chi connectivity index (χ1) is 7.42. The molecule has 0 aromatic heterocycles. The van der Waals surface area contributed by atoms with Crippen LogP contribution >= 0.6 is 0 Å². The fourth-order valence-corrected chi connectivity index (χ4v) is 2.59. The molecule has 1 N–H and O–H groups in total. The fourth-order valence-electron chi connectivity index (χ4n) is 1.91. The summed E-state index contributed by atoms with van der Waals surface area (Å²) in [5.41, 5.74) is 0. The minimum absolute atomic E-state index is 0.0884. The highest BCUT2D eigenvalue weighted by Gasteiger charge is 2.26. The van der Waals surface area contributed by atoms with E-state index in [4.69, 9.17) is 4.74 Å². The van der Waals surface area contributed by atoms with Crippen molar-refractivity contribution >= 4 is 9.84 Å². The Bertz CT molecular complexity index is 305. The van der Waals surface area contributed by atoms with Gasteiger partial charge in [-0.15, -0.1) is 0 Å². The van der Waals surface area contributed by atoms with E-state index >= 15 is 0 Å². The van der Waals surface area contributed by atoms with Crippen LogP contribution in [0.25, 0.3) is 0 Å². The SMILES string of the molecule is CNC(CCS(C)(=O)=O)C1CN(C)CCO1. The predicted molar refractivity (Wildman–Crippen MR) is 64.4 cm³/mol. The molecule has 1 saturated heterocycles. The molecule has 6 heteroatoms. The Morgan fingerprint density at radius 2 is 2.25 bits per heavy atom. The summed E-state index contributed by atoms with van der Waals surface area (Å²) in [5.74, 6) is 0.210. The molecular weight excluding hydrogens is 228 g/mol. The third-order valence-corrected chi connectivity index (χ3v) is 3.89. The quantitative estimate of drug-likeness (QED) is 0.702. The molecule has 0 bridgehead atoms. The summed E-state index contributed by atoms with van der Waals surface area (Å²) in [7, 11) is 1.02. The van der Waals surface area contributed by atoms with Gasteiger partial charge in [-0.25, -0.2) is 8.42 Å². The van der Waals surface area contributed by atoms with Gasteiger partial charge in [0.1, 0.15) is 9.84 Å². The summed E-state index contributed by atoms with van der Waals surface area (Å²) in [6.45, 7) is 2.52. The number of ether oxygens (including phenoxy) is 1. The summed E-state index contributed by atoms with van der Waals surface area (Å²) < 4.78 is 27.9. The third kappa shape index (κ3) is 4.78. The van der Waals surface area contributed by atoms with Crippen LogP contribution in [0, 0.1) is 0 Å². The van der Waals surface area contributed by atoms with Crippen LogP contribution in [0.3, 0.4) is 0 Å². The van der Waals surface area contributed by atoms with Crippen LogP contribution in [0.5, 0.6) is 0 Å². The Kier molecular flexibility index (Phi) is 5.17. The van der Waals surface area contributed by atoms with Gasteiger partial charge in [-0.3, -0.25) is 0 Å². The number of rotatable bonds is 5. The predicted octanol–water partition coefficient (Wildman–Crippen LogP) is -0.660. The van der Waals surface area contributed by atoms with E-state index in [1.165, 1.54) is 6.26 Å². The van der Waals surface area contributed by atoms with Crippen LogP contribution in [-0.2, 0) is 14.6 Å². The molecule has 2 unspecified atom stereocenters. The van der Waals surface area contributed by atoms with E-state index < -0.39 is 9.84 Å². The molecule has 16 heavy (non-hydrogen) atoms. The van der Waals surface area contributed by atoms with Crippen molar-refractivity contribution in [3.05, 3.63) is 0 Å². The lowest BCUT2D eigenvalue weighted by molar-refractivity contribution is -0.0377. The van der Waals surface area contributed by atoms with Gasteiger partial charge in [-0.1, -0.05) is 0 Å². The van der Waals surface area contributed by atoms with Crippen molar-refractivity contribution in [1.29, 1.82) is 0 Å². The van der Waals surface area contributed by atoms with Crippen molar-refractivity contribution < 1.29 is 13.2 Å². The molecule has 0 aliphatic carbocycles. The maximum absolute atomic E-state index is 11.1. The Morgan fingerprint density at radius 1 is 1.56 bits per heavy atom. The average Bonchev–Trinajstić information content (AvgIpc) is 2.17. The second-order valence-electron chi connectivity index (χ2n) is 4.49. The van der Waals surface area contributed by atoms with Crippen LogP contribution in [0.15, 0.2) is 0 Å². The lowest BCUT2D eigenvalue weighted by Crippen LogP contribution is -2.50. The molecule has 0 aromatic rings. The summed E-state index contributed by atoms with van der Waals surface area (Å²) in [6, 6.07) is 0.109. The van der Waals surface area contributed by atoms with E-state index in [2.05, 4.69) is 17.3 Å². The molecule has 0 radical (unpaired) electrons. The monoisotopic (exact) mass is 250 g/mol. The number of likely N-dealkylation sites (N-methyl/N-ethyl adjacent to an activating group) is 2. The Balaban J connectivity index is 2.46. The minimum Gasteiger partial charge on any atom is -0.374 e. The molecule has 1 fully saturated rings. The van der Waals surface area contributed by atoms with E-state index in [1.54, 1.807) is 0 Å². The highest BCUT2D eigenvalue weighted by molar-refractivity contribution is 7.90. The summed E-state index contributed by atoms with van der Waals surface area (Å²) in [4.78, 5) is 2.21. The Morgan fingerprint density at radius 3 is 2.75 bits per heavy atom. The number of nitrogens with one attached hydrogen (secondary N) is 1. The first-order valence-corrected chi connectivity index (χ1v) is 7.63. The van der Waals surface area contributed by atoms with Crippen molar-refractivity contribution in [2.75, 3.05) is 45.8 Å². The third-order valence-electron chi connectivity index (χ3n) is 2.92. The molecule has 96 valence electrons. The van der Waals surface area contributed by atoms with E-state index in [0.717, 1.165) is 19.7 Å². The van der Waals surface area contributed by atoms with Crippen molar-refractivity contribution in [3.63, 3.8) is 0 Å². The molecule has 1 rings (SSSR count). The Labute approximate surface area is 98.1 Å². The van der Waals surface area contributed by atoms with Crippen LogP contribution in [0.2, 0.25) is 0 Å². The van der Waals surface area contributed by atoms with Gasteiger partial charge in [0.15, 0.2) is 0 Å². The van der Waals surface area contributed by atoms with E-state index in [0.29, 0.717) is 6.42 Å². The van der Waals surface area contributed by atoms with Crippen LogP contribution in [0.1, 0.15) is 6.42 Å².